The average molecular weight is 561 g/mol. The fourth-order valence-corrected chi connectivity index (χ4v) is 5.62. The zero-order chi connectivity index (χ0) is 25.5. The molecule has 0 atom stereocenters. The Balaban J connectivity index is 1.67. The number of anilines is 1. The highest BCUT2D eigenvalue weighted by Crippen LogP contribution is 2.36. The van der Waals surface area contributed by atoms with Gasteiger partial charge in [-0.1, -0.05) is 34.5 Å². The third kappa shape index (κ3) is 5.69. The quantitative estimate of drug-likeness (QED) is 0.248. The van der Waals surface area contributed by atoms with E-state index in [1.54, 1.807) is 18.2 Å². The maximum absolute atomic E-state index is 12.9. The highest BCUT2D eigenvalue weighted by Gasteiger charge is 2.32. The second-order valence-electron chi connectivity index (χ2n) is 7.24. The van der Waals surface area contributed by atoms with Crippen molar-refractivity contribution in [1.82, 2.24) is 4.98 Å². The summed E-state index contributed by atoms with van der Waals surface area (Å²) in [6, 6.07) is 11.0. The van der Waals surface area contributed by atoms with E-state index in [1.165, 1.54) is 36.5 Å². The average Bonchev–Trinajstić information content (AvgIpc) is 3.13. The molecule has 0 aliphatic heterocycles. The number of carbonyl (C=O) groups excluding carboxylic acids is 1. The Morgan fingerprint density at radius 2 is 1.80 bits per heavy atom. The fraction of sp³-hybridized carbons (Fsp3) is 0.0909. The molecule has 0 fully saturated rings. The minimum atomic E-state index is -4.69. The lowest BCUT2D eigenvalue weighted by molar-refractivity contribution is -0.137. The number of hydrogen-bond donors (Lipinski definition) is 1. The Hall–Kier alpha value is -2.86. The number of rotatable bonds is 6. The normalized spacial score (nSPS) is 12.1. The van der Waals surface area contributed by atoms with Crippen LogP contribution in [-0.4, -0.2) is 19.2 Å². The van der Waals surface area contributed by atoms with Gasteiger partial charge in [0.05, 0.1) is 26.5 Å². The Morgan fingerprint density at radius 1 is 1.06 bits per heavy atom. The summed E-state index contributed by atoms with van der Waals surface area (Å²) in [6.07, 6.45) is -4.69. The Labute approximate surface area is 211 Å². The van der Waals surface area contributed by atoms with Crippen molar-refractivity contribution in [2.24, 2.45) is 0 Å². The minimum Gasteiger partial charge on any atom is -0.431 e. The lowest BCUT2D eigenvalue weighted by atomic mass is 10.1. The largest absolute Gasteiger partial charge is 0.431 e. The third-order valence-corrected chi connectivity index (χ3v) is 7.66. The highest BCUT2D eigenvalue weighted by atomic mass is 35.5. The van der Waals surface area contributed by atoms with E-state index in [9.17, 15) is 26.4 Å². The minimum absolute atomic E-state index is 0.0622. The van der Waals surface area contributed by atoms with Crippen LogP contribution in [0.25, 0.3) is 10.2 Å². The number of aromatic nitrogens is 1. The lowest BCUT2D eigenvalue weighted by Gasteiger charge is -2.13. The molecule has 0 unspecified atom stereocenters. The number of carbonyl (C=O) groups is 1. The molecule has 0 saturated carbocycles. The molecule has 0 amide bonds. The Kier molecular flexibility index (Phi) is 6.71. The van der Waals surface area contributed by atoms with Gasteiger partial charge in [-0.3, -0.25) is 9.52 Å². The Morgan fingerprint density at radius 3 is 2.46 bits per heavy atom. The smallest absolute Gasteiger partial charge is 0.416 e. The van der Waals surface area contributed by atoms with Crippen LogP contribution in [0.4, 0.5) is 18.9 Å². The molecular weight excluding hydrogens is 548 g/mol. The lowest BCUT2D eigenvalue weighted by Crippen LogP contribution is -2.15. The van der Waals surface area contributed by atoms with Gasteiger partial charge in [0.15, 0.2) is 5.78 Å². The van der Waals surface area contributed by atoms with Crippen LogP contribution in [0.15, 0.2) is 59.5 Å². The van der Waals surface area contributed by atoms with Gasteiger partial charge in [-0.05, 0) is 55.5 Å². The fourth-order valence-electron chi connectivity index (χ4n) is 3.05. The topological polar surface area (TPSA) is 85.4 Å². The first-order valence-corrected chi connectivity index (χ1v) is 12.7. The standard InChI is InChI=1S/C22H13Cl2F3N2O4S2/c1-11(30)12-6-15(29-35(31,32)20-5-2-13(8-17(20)24)22(25,26)27)10-16(7-12)33-21-28-18-9-14(23)3-4-19(18)34-21/h2-10,29H,1H3. The van der Waals surface area contributed by atoms with E-state index in [-0.39, 0.29) is 28.0 Å². The molecule has 1 N–H and O–H groups in total. The molecule has 0 aliphatic carbocycles. The van der Waals surface area contributed by atoms with Crippen molar-refractivity contribution >= 4 is 66.2 Å². The molecule has 4 rings (SSSR count). The number of nitrogens with one attached hydrogen (secondary N) is 1. The predicted molar refractivity (Wildman–Crippen MR) is 128 cm³/mol. The first kappa shape index (κ1) is 25.2. The summed E-state index contributed by atoms with van der Waals surface area (Å²) in [4.78, 5) is 15.8. The SMILES string of the molecule is CC(=O)c1cc(NS(=O)(=O)c2ccc(C(F)(F)F)cc2Cl)cc(Oc2nc3cc(Cl)ccc3s2)c1. The van der Waals surface area contributed by atoms with Crippen molar-refractivity contribution in [3.63, 3.8) is 0 Å². The van der Waals surface area contributed by atoms with E-state index in [4.69, 9.17) is 27.9 Å². The molecule has 1 heterocycles. The van der Waals surface area contributed by atoms with Gasteiger partial charge in [-0.25, -0.2) is 13.4 Å². The van der Waals surface area contributed by atoms with E-state index in [1.807, 2.05) is 0 Å². The van der Waals surface area contributed by atoms with E-state index in [2.05, 4.69) is 9.71 Å². The van der Waals surface area contributed by atoms with Crippen molar-refractivity contribution in [2.75, 3.05) is 4.72 Å². The maximum atomic E-state index is 12.9. The molecule has 0 saturated heterocycles. The van der Waals surface area contributed by atoms with Crippen LogP contribution in [0, 0.1) is 0 Å². The van der Waals surface area contributed by atoms with Gasteiger partial charge in [0.2, 0.25) is 0 Å². The number of nitrogens with zero attached hydrogens (tertiary/aromatic N) is 1. The second kappa shape index (κ2) is 9.30. The molecule has 0 bridgehead atoms. The number of hydrogen-bond acceptors (Lipinski definition) is 6. The van der Waals surface area contributed by atoms with Crippen LogP contribution >= 0.6 is 34.5 Å². The van der Waals surface area contributed by atoms with Crippen LogP contribution in [0.1, 0.15) is 22.8 Å². The molecule has 6 nitrogen and oxygen atoms in total. The summed E-state index contributed by atoms with van der Waals surface area (Å²) in [6.45, 7) is 1.28. The summed E-state index contributed by atoms with van der Waals surface area (Å²) >= 11 is 13.0. The molecule has 4 aromatic rings. The van der Waals surface area contributed by atoms with Crippen molar-refractivity contribution < 1.29 is 31.1 Å². The van der Waals surface area contributed by atoms with Crippen molar-refractivity contribution in [3.05, 3.63) is 75.8 Å². The molecule has 13 heteroatoms. The van der Waals surface area contributed by atoms with Crippen LogP contribution in [0.3, 0.4) is 0 Å². The van der Waals surface area contributed by atoms with Crippen molar-refractivity contribution in [1.29, 1.82) is 0 Å². The number of sulfonamides is 1. The second-order valence-corrected chi connectivity index (χ2v) is 10.7. The van der Waals surface area contributed by atoms with Gasteiger partial charge in [-0.2, -0.15) is 13.2 Å². The zero-order valence-electron chi connectivity index (χ0n) is 17.5. The molecule has 35 heavy (non-hydrogen) atoms. The Bertz CT molecular complexity index is 1570. The number of benzene rings is 3. The monoisotopic (exact) mass is 560 g/mol. The number of fused-ring (bicyclic) bond motifs is 1. The summed E-state index contributed by atoms with van der Waals surface area (Å²) < 4.78 is 73.2. The highest BCUT2D eigenvalue weighted by molar-refractivity contribution is 7.92. The van der Waals surface area contributed by atoms with Crippen LogP contribution in [0.5, 0.6) is 10.9 Å². The first-order valence-electron chi connectivity index (χ1n) is 9.61. The molecule has 0 radical (unpaired) electrons. The number of ether oxygens (including phenoxy) is 1. The van der Waals surface area contributed by atoms with Crippen molar-refractivity contribution in [3.8, 4) is 10.9 Å². The molecule has 3 aromatic carbocycles. The third-order valence-electron chi connectivity index (χ3n) is 4.65. The van der Waals surface area contributed by atoms with Crippen LogP contribution < -0.4 is 9.46 Å². The first-order chi connectivity index (χ1) is 16.3. The summed E-state index contributed by atoms with van der Waals surface area (Å²) in [7, 11) is -4.41. The van der Waals surface area contributed by atoms with E-state index in [0.29, 0.717) is 22.7 Å². The zero-order valence-corrected chi connectivity index (χ0v) is 20.6. The number of thiazole rings is 1. The summed E-state index contributed by atoms with van der Waals surface area (Å²) in [5, 5.41) is 0.105. The van der Waals surface area contributed by atoms with E-state index in [0.717, 1.165) is 10.8 Å². The molecule has 0 spiro atoms. The van der Waals surface area contributed by atoms with E-state index < -0.39 is 31.7 Å². The molecule has 182 valence electrons. The van der Waals surface area contributed by atoms with Crippen molar-refractivity contribution in [2.45, 2.75) is 18.0 Å². The molecule has 1 aromatic heterocycles. The number of ketones is 1. The summed E-state index contributed by atoms with van der Waals surface area (Å²) in [5.41, 5.74) is -0.429. The predicted octanol–water partition coefficient (Wildman–Crippen LogP) is 7.42. The van der Waals surface area contributed by atoms with Gasteiger partial charge < -0.3 is 4.74 Å². The summed E-state index contributed by atoms with van der Waals surface area (Å²) in [5.74, 6) is -0.265. The van der Waals surface area contributed by atoms with Crippen LogP contribution in [-0.2, 0) is 16.2 Å². The van der Waals surface area contributed by atoms with Crippen LogP contribution in [0.2, 0.25) is 10.0 Å². The van der Waals surface area contributed by atoms with Gasteiger partial charge in [-0.15, -0.1) is 0 Å². The molecular formula is C22H13Cl2F3N2O4S2. The van der Waals surface area contributed by atoms with E-state index >= 15 is 0 Å². The molecule has 0 aliphatic rings. The van der Waals surface area contributed by atoms with Gasteiger partial charge in [0, 0.05) is 16.7 Å². The number of alkyl halides is 3. The number of Topliss-reactive ketones (excluding diaryl/α,β-unsaturated/α-hetero) is 1. The van der Waals surface area contributed by atoms with Gasteiger partial charge in [0.25, 0.3) is 15.2 Å². The van der Waals surface area contributed by atoms with Gasteiger partial charge >= 0.3 is 6.18 Å². The maximum Gasteiger partial charge on any atom is 0.416 e. The number of halogens is 5. The van der Waals surface area contributed by atoms with Gasteiger partial charge in [0.1, 0.15) is 10.6 Å².